The normalized spacial score (nSPS) is 18.4. The molecule has 80 valence electrons. The maximum absolute atomic E-state index is 8.81. The van der Waals surface area contributed by atoms with E-state index >= 15 is 0 Å². The molecule has 1 fully saturated rings. The molecule has 3 N–H and O–H groups in total. The van der Waals surface area contributed by atoms with Crippen molar-refractivity contribution in [2.24, 2.45) is 11.7 Å². The van der Waals surface area contributed by atoms with Crippen molar-refractivity contribution >= 4 is 12.4 Å². The highest BCUT2D eigenvalue weighted by Crippen LogP contribution is 2.36. The first-order valence-corrected chi connectivity index (χ1v) is 4.76. The van der Waals surface area contributed by atoms with Gasteiger partial charge in [0.2, 0.25) is 0 Å². The summed E-state index contributed by atoms with van der Waals surface area (Å²) in [6.45, 7) is -0.0443. The number of furan rings is 1. The van der Waals surface area contributed by atoms with E-state index in [1.807, 2.05) is 6.07 Å². The summed E-state index contributed by atoms with van der Waals surface area (Å²) in [6.07, 6.45) is 3.69. The van der Waals surface area contributed by atoms with Crippen LogP contribution in [0.25, 0.3) is 0 Å². The number of aliphatic hydroxyl groups is 1. The molecule has 0 radical (unpaired) electrons. The van der Waals surface area contributed by atoms with Gasteiger partial charge in [-0.25, -0.2) is 0 Å². The van der Waals surface area contributed by atoms with E-state index in [-0.39, 0.29) is 25.1 Å². The van der Waals surface area contributed by atoms with Crippen molar-refractivity contribution in [3.05, 3.63) is 23.7 Å². The summed E-state index contributed by atoms with van der Waals surface area (Å²) >= 11 is 0. The molecule has 0 spiro atoms. The van der Waals surface area contributed by atoms with E-state index in [0.29, 0.717) is 11.7 Å². The van der Waals surface area contributed by atoms with Crippen molar-refractivity contribution in [3.63, 3.8) is 0 Å². The Kier molecular flexibility index (Phi) is 3.98. The Balaban J connectivity index is 0.000000980. The molecule has 0 unspecified atom stereocenters. The van der Waals surface area contributed by atoms with Gasteiger partial charge in [0.15, 0.2) is 0 Å². The SMILES string of the molecule is Cl.N[C@H](c1ccc(CO)o1)C1CCC1. The average Bonchev–Trinajstić information content (AvgIpc) is 2.48. The molecule has 1 heterocycles. The summed E-state index contributed by atoms with van der Waals surface area (Å²) in [5, 5.41) is 8.81. The highest BCUT2D eigenvalue weighted by atomic mass is 35.5. The first kappa shape index (κ1) is 11.6. The molecule has 0 amide bonds. The second-order valence-corrected chi connectivity index (χ2v) is 3.68. The molecule has 4 heteroatoms. The maximum Gasteiger partial charge on any atom is 0.129 e. The van der Waals surface area contributed by atoms with Gasteiger partial charge in [0, 0.05) is 0 Å². The Hall–Kier alpha value is -0.510. The topological polar surface area (TPSA) is 59.4 Å². The number of aliphatic hydroxyl groups excluding tert-OH is 1. The minimum absolute atomic E-state index is 0. The summed E-state index contributed by atoms with van der Waals surface area (Å²) in [7, 11) is 0. The molecule has 0 aliphatic heterocycles. The van der Waals surface area contributed by atoms with Crippen LogP contribution in [0.2, 0.25) is 0 Å². The van der Waals surface area contributed by atoms with Gasteiger partial charge < -0.3 is 15.3 Å². The Morgan fingerprint density at radius 1 is 1.50 bits per heavy atom. The van der Waals surface area contributed by atoms with Gasteiger partial charge >= 0.3 is 0 Å². The van der Waals surface area contributed by atoms with Gasteiger partial charge in [-0.3, -0.25) is 0 Å². The Bertz CT molecular complexity index is 283. The van der Waals surface area contributed by atoms with Crippen LogP contribution >= 0.6 is 12.4 Å². The van der Waals surface area contributed by atoms with Gasteiger partial charge in [0.05, 0.1) is 6.04 Å². The third-order valence-electron chi connectivity index (χ3n) is 2.82. The molecular formula is C10H16ClNO2. The summed E-state index contributed by atoms with van der Waals surface area (Å²) in [4.78, 5) is 0. The molecule has 1 aromatic rings. The van der Waals surface area contributed by atoms with Crippen LogP contribution < -0.4 is 5.73 Å². The van der Waals surface area contributed by atoms with Crippen molar-refractivity contribution in [1.29, 1.82) is 0 Å². The minimum Gasteiger partial charge on any atom is -0.462 e. The Morgan fingerprint density at radius 2 is 2.21 bits per heavy atom. The third kappa shape index (κ3) is 2.11. The van der Waals surface area contributed by atoms with Gasteiger partial charge in [-0.15, -0.1) is 12.4 Å². The van der Waals surface area contributed by atoms with E-state index < -0.39 is 0 Å². The lowest BCUT2D eigenvalue weighted by atomic mass is 9.79. The molecule has 3 nitrogen and oxygen atoms in total. The van der Waals surface area contributed by atoms with E-state index in [0.717, 1.165) is 5.76 Å². The third-order valence-corrected chi connectivity index (χ3v) is 2.82. The zero-order chi connectivity index (χ0) is 9.26. The molecule has 1 aromatic heterocycles. The van der Waals surface area contributed by atoms with Gasteiger partial charge in [-0.05, 0) is 30.9 Å². The zero-order valence-corrected chi connectivity index (χ0v) is 8.80. The van der Waals surface area contributed by atoms with Crippen LogP contribution in [0.4, 0.5) is 0 Å². The number of halogens is 1. The van der Waals surface area contributed by atoms with Gasteiger partial charge in [-0.2, -0.15) is 0 Å². The highest BCUT2D eigenvalue weighted by Gasteiger charge is 2.27. The molecule has 0 bridgehead atoms. The smallest absolute Gasteiger partial charge is 0.129 e. The molecule has 14 heavy (non-hydrogen) atoms. The van der Waals surface area contributed by atoms with E-state index in [1.54, 1.807) is 6.07 Å². The van der Waals surface area contributed by atoms with Crippen molar-refractivity contribution in [2.45, 2.75) is 31.9 Å². The maximum atomic E-state index is 8.81. The quantitative estimate of drug-likeness (QED) is 0.814. The molecular weight excluding hydrogens is 202 g/mol. The number of hydrogen-bond acceptors (Lipinski definition) is 3. The number of rotatable bonds is 3. The van der Waals surface area contributed by atoms with Crippen molar-refractivity contribution in [3.8, 4) is 0 Å². The largest absolute Gasteiger partial charge is 0.462 e. The fourth-order valence-corrected chi connectivity index (χ4v) is 1.69. The molecule has 2 rings (SSSR count). The van der Waals surface area contributed by atoms with E-state index in [4.69, 9.17) is 15.3 Å². The molecule has 0 aromatic carbocycles. The lowest BCUT2D eigenvalue weighted by Gasteiger charge is -2.29. The van der Waals surface area contributed by atoms with Crippen LogP contribution in [-0.4, -0.2) is 5.11 Å². The van der Waals surface area contributed by atoms with E-state index in [9.17, 15) is 0 Å². The second kappa shape index (κ2) is 4.82. The number of hydrogen-bond donors (Lipinski definition) is 2. The lowest BCUT2D eigenvalue weighted by Crippen LogP contribution is -2.26. The first-order chi connectivity index (χ1) is 6.31. The van der Waals surface area contributed by atoms with Crippen molar-refractivity contribution in [2.75, 3.05) is 0 Å². The summed E-state index contributed by atoms with van der Waals surface area (Å²) < 4.78 is 5.38. The van der Waals surface area contributed by atoms with Gasteiger partial charge in [-0.1, -0.05) is 6.42 Å². The number of nitrogens with two attached hydrogens (primary N) is 1. The van der Waals surface area contributed by atoms with Crippen LogP contribution in [0.1, 0.15) is 36.8 Å². The zero-order valence-electron chi connectivity index (χ0n) is 7.98. The monoisotopic (exact) mass is 217 g/mol. The second-order valence-electron chi connectivity index (χ2n) is 3.68. The summed E-state index contributed by atoms with van der Waals surface area (Å²) in [6, 6.07) is 3.68. The van der Waals surface area contributed by atoms with Gasteiger partial charge in [0.25, 0.3) is 0 Å². The van der Waals surface area contributed by atoms with Crippen molar-refractivity contribution in [1.82, 2.24) is 0 Å². The Labute approximate surface area is 89.7 Å². The molecule has 1 saturated carbocycles. The van der Waals surface area contributed by atoms with Gasteiger partial charge in [0.1, 0.15) is 18.1 Å². The standard InChI is InChI=1S/C10H15NO2.ClH/c11-10(7-2-1-3-7)9-5-4-8(6-12)13-9;/h4-5,7,10,12H,1-3,6,11H2;1H/t10-;/m0./s1. The van der Waals surface area contributed by atoms with E-state index in [1.165, 1.54) is 19.3 Å². The van der Waals surface area contributed by atoms with Crippen LogP contribution in [0.5, 0.6) is 0 Å². The predicted octanol–water partition coefficient (Wildman–Crippen LogP) is 1.99. The fraction of sp³-hybridized carbons (Fsp3) is 0.600. The molecule has 0 saturated heterocycles. The van der Waals surface area contributed by atoms with Crippen LogP contribution in [0.3, 0.4) is 0 Å². The fourth-order valence-electron chi connectivity index (χ4n) is 1.69. The molecule has 1 atom stereocenters. The Morgan fingerprint density at radius 3 is 2.64 bits per heavy atom. The predicted molar refractivity (Wildman–Crippen MR) is 56.1 cm³/mol. The van der Waals surface area contributed by atoms with Crippen LogP contribution in [0.15, 0.2) is 16.5 Å². The first-order valence-electron chi connectivity index (χ1n) is 4.76. The average molecular weight is 218 g/mol. The van der Waals surface area contributed by atoms with E-state index in [2.05, 4.69) is 0 Å². The molecule has 1 aliphatic carbocycles. The van der Waals surface area contributed by atoms with Crippen molar-refractivity contribution < 1.29 is 9.52 Å². The minimum atomic E-state index is -0.0443. The van der Waals surface area contributed by atoms with Crippen LogP contribution in [0, 0.1) is 5.92 Å². The summed E-state index contributed by atoms with van der Waals surface area (Å²) in [5.74, 6) is 2.00. The van der Waals surface area contributed by atoms with Crippen LogP contribution in [-0.2, 0) is 6.61 Å². The highest BCUT2D eigenvalue weighted by molar-refractivity contribution is 5.85. The summed E-state index contributed by atoms with van der Waals surface area (Å²) in [5.41, 5.74) is 5.99. The molecule has 1 aliphatic rings. The lowest BCUT2D eigenvalue weighted by molar-refractivity contribution is 0.216.